The van der Waals surface area contributed by atoms with E-state index in [2.05, 4.69) is 10.3 Å². The number of piperidine rings is 1. The van der Waals surface area contributed by atoms with Crippen molar-refractivity contribution in [1.29, 1.82) is 0 Å². The predicted octanol–water partition coefficient (Wildman–Crippen LogP) is 1.67. The molecule has 1 amide bonds. The van der Waals surface area contributed by atoms with Crippen LogP contribution in [0.2, 0.25) is 0 Å². The van der Waals surface area contributed by atoms with Crippen LogP contribution in [0.1, 0.15) is 23.2 Å². The van der Waals surface area contributed by atoms with Crippen molar-refractivity contribution in [3.05, 3.63) is 42.1 Å². The summed E-state index contributed by atoms with van der Waals surface area (Å²) in [4.78, 5) is 19.2. The molecule has 24 heavy (non-hydrogen) atoms. The van der Waals surface area contributed by atoms with E-state index in [1.165, 1.54) is 0 Å². The van der Waals surface area contributed by atoms with Gasteiger partial charge in [-0.1, -0.05) is 6.07 Å². The average Bonchev–Trinajstić information content (AvgIpc) is 2.99. The summed E-state index contributed by atoms with van der Waals surface area (Å²) in [5.74, 6) is 0.250. The number of hydrogen-bond donors (Lipinski definition) is 2. The molecule has 1 unspecified atom stereocenters. The topological polar surface area (TPSA) is 65.5 Å². The van der Waals surface area contributed by atoms with Crippen molar-refractivity contribution < 1.29 is 9.90 Å². The maximum atomic E-state index is 13.0. The van der Waals surface area contributed by atoms with Crippen LogP contribution in [0.4, 0.5) is 0 Å². The first kappa shape index (κ1) is 15.5. The van der Waals surface area contributed by atoms with Crippen molar-refractivity contribution in [2.24, 2.45) is 11.3 Å². The summed E-state index contributed by atoms with van der Waals surface area (Å²) < 4.78 is 0. The Balaban J connectivity index is 1.59. The van der Waals surface area contributed by atoms with Gasteiger partial charge >= 0.3 is 0 Å². The van der Waals surface area contributed by atoms with E-state index in [0.717, 1.165) is 43.4 Å². The van der Waals surface area contributed by atoms with Crippen LogP contribution < -0.4 is 5.32 Å². The number of pyridine rings is 1. The molecule has 1 atom stereocenters. The molecular weight excluding hydrogens is 302 g/mol. The van der Waals surface area contributed by atoms with Crippen LogP contribution in [0.5, 0.6) is 0 Å². The van der Waals surface area contributed by atoms with E-state index in [-0.39, 0.29) is 23.8 Å². The number of aromatic nitrogens is 1. The van der Waals surface area contributed by atoms with Gasteiger partial charge < -0.3 is 15.3 Å². The fourth-order valence-electron chi connectivity index (χ4n) is 4.32. The monoisotopic (exact) mass is 325 g/mol. The van der Waals surface area contributed by atoms with Gasteiger partial charge in [0.05, 0.1) is 5.52 Å². The standard InChI is InChI=1S/C19H23N3O2/c23-12-16-11-22(13-19(16)5-8-20-9-6-19)18(24)15-3-4-17-14(10-15)2-1-7-21-17/h1-4,7,10,16,20,23H,5-6,8-9,11-13H2. The van der Waals surface area contributed by atoms with Gasteiger partial charge in [-0.15, -0.1) is 0 Å². The number of hydrogen-bond acceptors (Lipinski definition) is 4. The number of benzene rings is 1. The van der Waals surface area contributed by atoms with Gasteiger partial charge in [-0.3, -0.25) is 9.78 Å². The van der Waals surface area contributed by atoms with E-state index >= 15 is 0 Å². The van der Waals surface area contributed by atoms with Crippen LogP contribution in [0.15, 0.2) is 36.5 Å². The zero-order chi connectivity index (χ0) is 16.6. The third-order valence-electron chi connectivity index (χ3n) is 5.77. The van der Waals surface area contributed by atoms with Gasteiger partial charge in [-0.25, -0.2) is 0 Å². The summed E-state index contributed by atoms with van der Waals surface area (Å²) in [5, 5.41) is 14.2. The Morgan fingerprint density at radius 3 is 2.96 bits per heavy atom. The molecule has 0 radical (unpaired) electrons. The maximum Gasteiger partial charge on any atom is 0.253 e. The minimum Gasteiger partial charge on any atom is -0.396 e. The molecule has 3 heterocycles. The summed E-state index contributed by atoms with van der Waals surface area (Å²) in [6.07, 6.45) is 3.82. The second kappa shape index (κ2) is 6.15. The summed E-state index contributed by atoms with van der Waals surface area (Å²) in [6.45, 7) is 3.51. The predicted molar refractivity (Wildman–Crippen MR) is 92.8 cm³/mol. The van der Waals surface area contributed by atoms with Crippen LogP contribution in [0.25, 0.3) is 10.9 Å². The molecular formula is C19H23N3O2. The highest BCUT2D eigenvalue weighted by Crippen LogP contribution is 2.43. The molecule has 2 fully saturated rings. The van der Waals surface area contributed by atoms with Gasteiger partial charge in [0.25, 0.3) is 5.91 Å². The fourth-order valence-corrected chi connectivity index (χ4v) is 4.32. The smallest absolute Gasteiger partial charge is 0.253 e. The van der Waals surface area contributed by atoms with Crippen molar-refractivity contribution >= 4 is 16.8 Å². The minimum atomic E-state index is 0.0645. The van der Waals surface area contributed by atoms with Crippen LogP contribution in [-0.2, 0) is 0 Å². The van der Waals surface area contributed by atoms with Crippen molar-refractivity contribution in [3.8, 4) is 0 Å². The summed E-state index contributed by atoms with van der Waals surface area (Å²) in [6, 6.07) is 9.56. The molecule has 1 aromatic carbocycles. The Bertz CT molecular complexity index is 755. The summed E-state index contributed by atoms with van der Waals surface area (Å²) in [5.41, 5.74) is 1.69. The maximum absolute atomic E-state index is 13.0. The Morgan fingerprint density at radius 2 is 2.17 bits per heavy atom. The first-order chi connectivity index (χ1) is 11.7. The highest BCUT2D eigenvalue weighted by atomic mass is 16.3. The molecule has 2 aliphatic rings. The largest absolute Gasteiger partial charge is 0.396 e. The minimum absolute atomic E-state index is 0.0645. The lowest BCUT2D eigenvalue weighted by Gasteiger charge is -2.37. The first-order valence-electron chi connectivity index (χ1n) is 8.67. The van der Waals surface area contributed by atoms with Crippen molar-refractivity contribution in [2.45, 2.75) is 12.8 Å². The number of carbonyl (C=O) groups excluding carboxylic acids is 1. The van der Waals surface area contributed by atoms with Gasteiger partial charge in [-0.05, 0) is 55.6 Å². The highest BCUT2D eigenvalue weighted by molar-refractivity contribution is 5.98. The number of likely N-dealkylation sites (tertiary alicyclic amines) is 1. The van der Waals surface area contributed by atoms with Crippen LogP contribution >= 0.6 is 0 Å². The molecule has 126 valence electrons. The third-order valence-corrected chi connectivity index (χ3v) is 5.77. The zero-order valence-corrected chi connectivity index (χ0v) is 13.7. The molecule has 2 saturated heterocycles. The molecule has 1 spiro atoms. The number of aliphatic hydroxyl groups excluding tert-OH is 1. The number of nitrogens with zero attached hydrogens (tertiary/aromatic N) is 2. The molecule has 2 N–H and O–H groups in total. The number of rotatable bonds is 2. The SMILES string of the molecule is O=C(c1ccc2ncccc2c1)N1CC(CO)C2(CCNCC2)C1. The lowest BCUT2D eigenvalue weighted by Crippen LogP contribution is -2.43. The number of amides is 1. The number of aliphatic hydroxyl groups is 1. The van der Waals surface area contributed by atoms with E-state index in [1.54, 1.807) is 6.20 Å². The van der Waals surface area contributed by atoms with Crippen LogP contribution in [0.3, 0.4) is 0 Å². The third kappa shape index (κ3) is 2.58. The summed E-state index contributed by atoms with van der Waals surface area (Å²) in [7, 11) is 0. The van der Waals surface area contributed by atoms with E-state index in [4.69, 9.17) is 0 Å². The second-order valence-corrected chi connectivity index (χ2v) is 7.09. The molecule has 5 nitrogen and oxygen atoms in total. The van der Waals surface area contributed by atoms with E-state index in [0.29, 0.717) is 12.1 Å². The lowest BCUT2D eigenvalue weighted by molar-refractivity contribution is 0.0756. The van der Waals surface area contributed by atoms with E-state index < -0.39 is 0 Å². The highest BCUT2D eigenvalue weighted by Gasteiger charge is 2.47. The van der Waals surface area contributed by atoms with Gasteiger partial charge in [0.2, 0.25) is 0 Å². The van der Waals surface area contributed by atoms with Crippen molar-refractivity contribution in [1.82, 2.24) is 15.2 Å². The van der Waals surface area contributed by atoms with Crippen molar-refractivity contribution in [3.63, 3.8) is 0 Å². The molecule has 4 rings (SSSR count). The Hall–Kier alpha value is -1.98. The van der Waals surface area contributed by atoms with Gasteiger partial charge in [-0.2, -0.15) is 0 Å². The number of carbonyl (C=O) groups is 1. The van der Waals surface area contributed by atoms with Crippen LogP contribution in [-0.4, -0.2) is 53.7 Å². The zero-order valence-electron chi connectivity index (χ0n) is 13.7. The Morgan fingerprint density at radius 1 is 1.33 bits per heavy atom. The second-order valence-electron chi connectivity index (χ2n) is 7.09. The molecule has 5 heteroatoms. The Kier molecular flexibility index (Phi) is 3.98. The van der Waals surface area contributed by atoms with Gasteiger partial charge in [0.15, 0.2) is 0 Å². The normalized spacial score (nSPS) is 23.0. The lowest BCUT2D eigenvalue weighted by atomic mass is 9.71. The fraction of sp³-hybridized carbons (Fsp3) is 0.474. The van der Waals surface area contributed by atoms with Crippen molar-refractivity contribution in [2.75, 3.05) is 32.8 Å². The van der Waals surface area contributed by atoms with E-state index in [9.17, 15) is 9.90 Å². The molecule has 0 aliphatic carbocycles. The number of nitrogens with one attached hydrogen (secondary N) is 1. The molecule has 2 aromatic rings. The molecule has 2 aliphatic heterocycles. The van der Waals surface area contributed by atoms with Gasteiger partial charge in [0, 0.05) is 42.8 Å². The molecule has 0 saturated carbocycles. The number of fused-ring (bicyclic) bond motifs is 1. The summed E-state index contributed by atoms with van der Waals surface area (Å²) >= 11 is 0. The van der Waals surface area contributed by atoms with Crippen LogP contribution in [0, 0.1) is 11.3 Å². The average molecular weight is 325 g/mol. The van der Waals surface area contributed by atoms with Gasteiger partial charge in [0.1, 0.15) is 0 Å². The molecule has 0 bridgehead atoms. The Labute approximate surface area is 141 Å². The first-order valence-corrected chi connectivity index (χ1v) is 8.67. The molecule has 1 aromatic heterocycles. The van der Waals surface area contributed by atoms with E-state index in [1.807, 2.05) is 35.2 Å². The quantitative estimate of drug-likeness (QED) is 0.881.